The van der Waals surface area contributed by atoms with Crippen LogP contribution in [0.25, 0.3) is 0 Å². The van der Waals surface area contributed by atoms with Crippen LogP contribution in [0.4, 0.5) is 0 Å². The molecular formula is C28H57NSi2. The Kier molecular flexibility index (Phi) is 17.8. The Bertz CT molecular complexity index is 497. The molecule has 0 aromatic rings. The summed E-state index contributed by atoms with van der Waals surface area (Å²) in [5.41, 5.74) is 2.82. The van der Waals surface area contributed by atoms with Gasteiger partial charge in [0.1, 0.15) is 0 Å². The van der Waals surface area contributed by atoms with Gasteiger partial charge in [-0.2, -0.15) is 0 Å². The summed E-state index contributed by atoms with van der Waals surface area (Å²) in [6.07, 6.45) is 13.1. The van der Waals surface area contributed by atoms with Crippen molar-refractivity contribution in [2.24, 2.45) is 4.99 Å². The number of aliphatic imine (C=N–C) groups is 1. The van der Waals surface area contributed by atoms with Gasteiger partial charge in [-0.3, -0.25) is 4.99 Å². The molecule has 0 spiro atoms. The predicted octanol–water partition coefficient (Wildman–Crippen LogP) is 10.3. The van der Waals surface area contributed by atoms with Gasteiger partial charge < -0.3 is 0 Å². The van der Waals surface area contributed by atoms with Gasteiger partial charge >= 0.3 is 0 Å². The standard InChI is InChI=1S/C28H57NSi2/c1-9-19-30(20-10-2,25-27(5)6)23-16-14-13-15-17-29-18-24-31(21-11-3,22-12-4)26-28(7)8/h18H,5,7,9-17,19-26H2,1-4,6,8H3. The maximum Gasteiger partial charge on any atom is 0.0629 e. The average molecular weight is 464 g/mol. The summed E-state index contributed by atoms with van der Waals surface area (Å²) in [7, 11) is -2.36. The minimum atomic E-state index is -1.24. The molecule has 0 aromatic heterocycles. The van der Waals surface area contributed by atoms with Crippen molar-refractivity contribution in [2.45, 2.75) is 141 Å². The third kappa shape index (κ3) is 14.4. The van der Waals surface area contributed by atoms with Crippen molar-refractivity contribution in [1.82, 2.24) is 0 Å². The first-order valence-corrected chi connectivity index (χ1v) is 19.2. The molecule has 0 saturated heterocycles. The van der Waals surface area contributed by atoms with Crippen LogP contribution in [-0.2, 0) is 0 Å². The molecule has 0 heterocycles. The normalized spacial score (nSPS) is 12.6. The number of unbranched alkanes of at least 4 members (excludes halogenated alkanes) is 3. The van der Waals surface area contributed by atoms with Gasteiger partial charge in [0.25, 0.3) is 0 Å². The first-order chi connectivity index (χ1) is 14.8. The van der Waals surface area contributed by atoms with Crippen LogP contribution in [0.2, 0.25) is 48.4 Å². The molecule has 0 aliphatic heterocycles. The quantitative estimate of drug-likeness (QED) is 0.0694. The second-order valence-electron chi connectivity index (χ2n) is 10.7. The highest BCUT2D eigenvalue weighted by Crippen LogP contribution is 2.33. The Balaban J connectivity index is 4.40. The lowest BCUT2D eigenvalue weighted by molar-refractivity contribution is 0.668. The summed E-state index contributed by atoms with van der Waals surface area (Å²) in [5.74, 6) is 0. The zero-order valence-electron chi connectivity index (χ0n) is 22.5. The molecule has 3 heteroatoms. The molecule has 1 nitrogen and oxygen atoms in total. The lowest BCUT2D eigenvalue weighted by Crippen LogP contribution is -2.34. The van der Waals surface area contributed by atoms with Crippen molar-refractivity contribution >= 4 is 22.4 Å². The van der Waals surface area contributed by atoms with E-state index in [1.54, 1.807) is 0 Å². The number of rotatable bonds is 21. The fourth-order valence-corrected chi connectivity index (χ4v) is 16.8. The highest BCUT2D eigenvalue weighted by Gasteiger charge is 2.30. The van der Waals surface area contributed by atoms with Gasteiger partial charge in [0.2, 0.25) is 0 Å². The maximum atomic E-state index is 4.85. The Hall–Kier alpha value is -0.416. The number of hydrogen-bond donors (Lipinski definition) is 0. The van der Waals surface area contributed by atoms with Crippen molar-refractivity contribution in [1.29, 1.82) is 0 Å². The first-order valence-electron chi connectivity index (χ1n) is 13.6. The molecular weight excluding hydrogens is 406 g/mol. The van der Waals surface area contributed by atoms with E-state index in [-0.39, 0.29) is 0 Å². The summed E-state index contributed by atoms with van der Waals surface area (Å²) in [5, 5.41) is 0. The fourth-order valence-electron chi connectivity index (χ4n) is 6.03. The van der Waals surface area contributed by atoms with Crippen LogP contribution in [0.15, 0.2) is 29.3 Å². The van der Waals surface area contributed by atoms with Crippen LogP contribution >= 0.6 is 0 Å². The topological polar surface area (TPSA) is 12.4 Å². The van der Waals surface area contributed by atoms with E-state index < -0.39 is 16.1 Å². The van der Waals surface area contributed by atoms with Crippen LogP contribution in [0.1, 0.15) is 92.9 Å². The molecule has 0 saturated carbocycles. The SMILES string of the molecule is C=C(C)C[Si](CC=NCCCCCC[Si](CCC)(CCC)CC(=C)C)(CCC)CCC. The van der Waals surface area contributed by atoms with Gasteiger partial charge in [-0.1, -0.05) is 114 Å². The van der Waals surface area contributed by atoms with Gasteiger partial charge in [-0.25, -0.2) is 0 Å². The zero-order valence-corrected chi connectivity index (χ0v) is 24.5. The van der Waals surface area contributed by atoms with Crippen LogP contribution in [-0.4, -0.2) is 28.9 Å². The van der Waals surface area contributed by atoms with E-state index in [9.17, 15) is 0 Å². The summed E-state index contributed by atoms with van der Waals surface area (Å²) < 4.78 is 0. The monoisotopic (exact) mass is 463 g/mol. The van der Waals surface area contributed by atoms with Crippen LogP contribution < -0.4 is 0 Å². The molecule has 0 bridgehead atoms. The van der Waals surface area contributed by atoms with E-state index in [1.807, 2.05) is 0 Å². The number of nitrogens with zero attached hydrogens (tertiary/aromatic N) is 1. The summed E-state index contributed by atoms with van der Waals surface area (Å²) in [4.78, 5) is 4.85. The highest BCUT2D eigenvalue weighted by atomic mass is 28.3. The minimum Gasteiger partial charge on any atom is -0.298 e. The third-order valence-electron chi connectivity index (χ3n) is 6.87. The molecule has 0 fully saturated rings. The minimum absolute atomic E-state index is 1.04. The zero-order chi connectivity index (χ0) is 23.6. The van der Waals surface area contributed by atoms with Crippen molar-refractivity contribution in [3.8, 4) is 0 Å². The lowest BCUT2D eigenvalue weighted by atomic mass is 10.2. The van der Waals surface area contributed by atoms with Crippen molar-refractivity contribution in [3.63, 3.8) is 0 Å². The van der Waals surface area contributed by atoms with E-state index in [0.717, 1.165) is 6.54 Å². The van der Waals surface area contributed by atoms with Gasteiger partial charge in [0.05, 0.1) is 16.1 Å². The predicted molar refractivity (Wildman–Crippen MR) is 153 cm³/mol. The van der Waals surface area contributed by atoms with Crippen molar-refractivity contribution < 1.29 is 0 Å². The summed E-state index contributed by atoms with van der Waals surface area (Å²) in [6.45, 7) is 23.5. The molecule has 0 N–H and O–H groups in total. The molecule has 0 aliphatic rings. The molecule has 0 unspecified atom stereocenters. The van der Waals surface area contributed by atoms with E-state index in [4.69, 9.17) is 4.99 Å². The van der Waals surface area contributed by atoms with Crippen LogP contribution in [0, 0.1) is 0 Å². The van der Waals surface area contributed by atoms with E-state index in [1.165, 1.54) is 111 Å². The second-order valence-corrected chi connectivity index (χ2v) is 20.3. The molecule has 0 aromatic carbocycles. The summed E-state index contributed by atoms with van der Waals surface area (Å²) in [6, 6.07) is 11.3. The highest BCUT2D eigenvalue weighted by molar-refractivity contribution is 6.82. The Labute approximate surface area is 199 Å². The molecule has 0 rings (SSSR count). The van der Waals surface area contributed by atoms with Crippen molar-refractivity contribution in [2.75, 3.05) is 6.54 Å². The molecule has 0 aliphatic carbocycles. The second kappa shape index (κ2) is 18.1. The molecule has 182 valence electrons. The molecule has 0 amide bonds. The molecule has 31 heavy (non-hydrogen) atoms. The Morgan fingerprint density at radius 1 is 0.645 bits per heavy atom. The number of hydrogen-bond acceptors (Lipinski definition) is 1. The fraction of sp³-hybridized carbons (Fsp3) is 0.821. The van der Waals surface area contributed by atoms with Gasteiger partial charge in [-0.15, -0.1) is 13.2 Å². The first kappa shape index (κ1) is 30.6. The van der Waals surface area contributed by atoms with Gasteiger partial charge in [0, 0.05) is 6.54 Å². The molecule has 0 atom stereocenters. The van der Waals surface area contributed by atoms with E-state index in [2.05, 4.69) is 60.9 Å². The van der Waals surface area contributed by atoms with Gasteiger partial charge in [0.15, 0.2) is 0 Å². The number of allylic oxidation sites excluding steroid dienone is 2. The molecule has 0 radical (unpaired) electrons. The maximum absolute atomic E-state index is 4.85. The van der Waals surface area contributed by atoms with E-state index in [0.29, 0.717) is 0 Å². The van der Waals surface area contributed by atoms with Crippen molar-refractivity contribution in [3.05, 3.63) is 24.3 Å². The van der Waals surface area contributed by atoms with Gasteiger partial charge in [-0.05, 0) is 44.6 Å². The Morgan fingerprint density at radius 3 is 1.58 bits per heavy atom. The van der Waals surface area contributed by atoms with Crippen LogP contribution in [0.5, 0.6) is 0 Å². The Morgan fingerprint density at radius 2 is 1.10 bits per heavy atom. The summed E-state index contributed by atoms with van der Waals surface area (Å²) >= 11 is 0. The lowest BCUT2D eigenvalue weighted by Gasteiger charge is -2.32. The van der Waals surface area contributed by atoms with E-state index >= 15 is 0 Å². The third-order valence-corrected chi connectivity index (χ3v) is 18.3. The largest absolute Gasteiger partial charge is 0.298 e. The van der Waals surface area contributed by atoms with Crippen LogP contribution in [0.3, 0.4) is 0 Å². The average Bonchev–Trinajstić information content (AvgIpc) is 2.66. The smallest absolute Gasteiger partial charge is 0.0629 e.